The second kappa shape index (κ2) is 8.19. The van der Waals surface area contributed by atoms with Crippen LogP contribution in [0.1, 0.15) is 25.8 Å². The van der Waals surface area contributed by atoms with E-state index in [0.717, 1.165) is 12.0 Å². The smallest absolute Gasteiger partial charge is 0.407 e. The van der Waals surface area contributed by atoms with Crippen molar-refractivity contribution in [2.45, 2.75) is 26.9 Å². The van der Waals surface area contributed by atoms with Gasteiger partial charge in [-0.1, -0.05) is 50.6 Å². The van der Waals surface area contributed by atoms with Crippen LogP contribution in [-0.4, -0.2) is 23.7 Å². The zero-order chi connectivity index (χ0) is 15.0. The van der Waals surface area contributed by atoms with Gasteiger partial charge in [0.2, 0.25) is 0 Å². The number of amides is 1. The van der Waals surface area contributed by atoms with Gasteiger partial charge in [0, 0.05) is 6.54 Å². The minimum atomic E-state index is -0.900. The normalized spacial score (nSPS) is 13.3. The highest BCUT2D eigenvalue weighted by Gasteiger charge is 2.24. The van der Waals surface area contributed by atoms with Crippen molar-refractivity contribution in [3.05, 3.63) is 35.9 Å². The van der Waals surface area contributed by atoms with E-state index in [2.05, 4.69) is 5.32 Å². The Bertz CT molecular complexity index is 433. The number of nitrogens with one attached hydrogen (secondary N) is 1. The molecule has 0 heterocycles. The maximum atomic E-state index is 11.5. The second-order valence-corrected chi connectivity index (χ2v) is 4.77. The monoisotopic (exact) mass is 279 g/mol. The molecule has 2 unspecified atom stereocenters. The fourth-order valence-electron chi connectivity index (χ4n) is 1.78. The first-order valence-electron chi connectivity index (χ1n) is 6.72. The van der Waals surface area contributed by atoms with E-state index in [-0.39, 0.29) is 19.1 Å². The molecule has 0 fully saturated rings. The molecule has 1 aromatic carbocycles. The Balaban J connectivity index is 2.36. The van der Waals surface area contributed by atoms with E-state index in [0.29, 0.717) is 0 Å². The van der Waals surface area contributed by atoms with Crippen LogP contribution < -0.4 is 5.32 Å². The highest BCUT2D eigenvalue weighted by Crippen LogP contribution is 2.14. The third kappa shape index (κ3) is 5.30. The summed E-state index contributed by atoms with van der Waals surface area (Å²) in [6, 6.07) is 9.31. The lowest BCUT2D eigenvalue weighted by atomic mass is 9.92. The first-order chi connectivity index (χ1) is 9.54. The zero-order valence-corrected chi connectivity index (χ0v) is 11.8. The van der Waals surface area contributed by atoms with Crippen LogP contribution in [0.4, 0.5) is 4.79 Å². The number of carbonyl (C=O) groups excluding carboxylic acids is 1. The summed E-state index contributed by atoms with van der Waals surface area (Å²) in [6.45, 7) is 4.04. The molecular formula is C15H21NO4. The van der Waals surface area contributed by atoms with E-state index in [4.69, 9.17) is 9.84 Å². The minimum Gasteiger partial charge on any atom is -0.481 e. The van der Waals surface area contributed by atoms with Gasteiger partial charge < -0.3 is 15.2 Å². The first-order valence-corrected chi connectivity index (χ1v) is 6.72. The quantitative estimate of drug-likeness (QED) is 0.804. The molecule has 1 aromatic rings. The second-order valence-electron chi connectivity index (χ2n) is 4.77. The highest BCUT2D eigenvalue weighted by molar-refractivity contribution is 5.72. The van der Waals surface area contributed by atoms with Crippen molar-refractivity contribution < 1.29 is 19.4 Å². The highest BCUT2D eigenvalue weighted by atomic mass is 16.5. The molecule has 2 atom stereocenters. The summed E-state index contributed by atoms with van der Waals surface area (Å²) in [6.07, 6.45) is 0.154. The summed E-state index contributed by atoms with van der Waals surface area (Å²) in [5.41, 5.74) is 0.888. The van der Waals surface area contributed by atoms with Gasteiger partial charge in [-0.05, 0) is 11.5 Å². The van der Waals surface area contributed by atoms with Crippen molar-refractivity contribution in [2.24, 2.45) is 11.8 Å². The van der Waals surface area contributed by atoms with E-state index in [1.54, 1.807) is 0 Å². The summed E-state index contributed by atoms with van der Waals surface area (Å²) in [5.74, 6) is -1.49. The van der Waals surface area contributed by atoms with Gasteiger partial charge in [-0.15, -0.1) is 0 Å². The third-order valence-electron chi connectivity index (χ3n) is 3.33. The average Bonchev–Trinajstić information content (AvgIpc) is 2.45. The molecule has 0 aliphatic heterocycles. The molecule has 110 valence electrons. The van der Waals surface area contributed by atoms with Gasteiger partial charge in [0.25, 0.3) is 0 Å². The van der Waals surface area contributed by atoms with Crippen LogP contribution in [0, 0.1) is 11.8 Å². The van der Waals surface area contributed by atoms with Crippen LogP contribution in [0.25, 0.3) is 0 Å². The molecule has 0 radical (unpaired) electrons. The van der Waals surface area contributed by atoms with Crippen molar-refractivity contribution in [3.8, 4) is 0 Å². The molecule has 1 amide bonds. The number of carbonyl (C=O) groups is 2. The van der Waals surface area contributed by atoms with E-state index < -0.39 is 18.0 Å². The number of hydrogen-bond acceptors (Lipinski definition) is 3. The molecule has 0 aromatic heterocycles. The molecule has 1 rings (SSSR count). The van der Waals surface area contributed by atoms with E-state index in [1.165, 1.54) is 0 Å². The Kier molecular flexibility index (Phi) is 6.56. The predicted octanol–water partition coefficient (Wildman–Crippen LogP) is 2.66. The lowest BCUT2D eigenvalue weighted by Crippen LogP contribution is -2.36. The van der Waals surface area contributed by atoms with Gasteiger partial charge >= 0.3 is 12.1 Å². The molecular weight excluding hydrogens is 258 g/mol. The van der Waals surface area contributed by atoms with E-state index in [1.807, 2.05) is 44.2 Å². The third-order valence-corrected chi connectivity index (χ3v) is 3.33. The number of carboxylic acids is 1. The molecule has 0 aliphatic carbocycles. The standard InChI is InChI=1S/C15H21NO4/c1-3-11(2)13(14(17)18)9-16-15(19)20-10-12-7-5-4-6-8-12/h4-8,11,13H,3,9-10H2,1-2H3,(H,16,19)(H,17,18). The summed E-state index contributed by atoms with van der Waals surface area (Å²) in [5, 5.41) is 11.6. The van der Waals surface area contributed by atoms with Gasteiger partial charge in [0.1, 0.15) is 6.61 Å². The predicted molar refractivity (Wildman–Crippen MR) is 75.2 cm³/mol. The van der Waals surface area contributed by atoms with Crippen LogP contribution >= 0.6 is 0 Å². The molecule has 0 bridgehead atoms. The Morgan fingerprint density at radius 1 is 1.30 bits per heavy atom. The van der Waals surface area contributed by atoms with Gasteiger partial charge in [-0.25, -0.2) is 4.79 Å². The molecule has 0 saturated heterocycles. The van der Waals surface area contributed by atoms with E-state index in [9.17, 15) is 9.59 Å². The van der Waals surface area contributed by atoms with Crippen molar-refractivity contribution in [3.63, 3.8) is 0 Å². The maximum Gasteiger partial charge on any atom is 0.407 e. The van der Waals surface area contributed by atoms with Crippen molar-refractivity contribution in [2.75, 3.05) is 6.54 Å². The van der Waals surface area contributed by atoms with Crippen molar-refractivity contribution in [1.82, 2.24) is 5.32 Å². The van der Waals surface area contributed by atoms with Crippen LogP contribution in [0.15, 0.2) is 30.3 Å². The summed E-state index contributed by atoms with van der Waals surface area (Å²) in [4.78, 5) is 22.6. The molecule has 5 heteroatoms. The lowest BCUT2D eigenvalue weighted by molar-refractivity contribution is -0.143. The van der Waals surface area contributed by atoms with E-state index >= 15 is 0 Å². The van der Waals surface area contributed by atoms with Crippen LogP contribution in [0.2, 0.25) is 0 Å². The van der Waals surface area contributed by atoms with Crippen LogP contribution in [-0.2, 0) is 16.1 Å². The SMILES string of the molecule is CCC(C)C(CNC(=O)OCc1ccccc1)C(=O)O. The number of alkyl carbamates (subject to hydrolysis) is 1. The lowest BCUT2D eigenvalue weighted by Gasteiger charge is -2.18. The minimum absolute atomic E-state index is 0.00178. The average molecular weight is 279 g/mol. The van der Waals surface area contributed by atoms with Crippen molar-refractivity contribution in [1.29, 1.82) is 0 Å². The molecule has 0 aliphatic rings. The molecule has 20 heavy (non-hydrogen) atoms. The number of aliphatic carboxylic acids is 1. The Morgan fingerprint density at radius 2 is 1.95 bits per heavy atom. The van der Waals surface area contributed by atoms with Crippen molar-refractivity contribution >= 4 is 12.1 Å². The number of hydrogen-bond donors (Lipinski definition) is 2. The summed E-state index contributed by atoms with van der Waals surface area (Å²) < 4.78 is 5.03. The number of rotatable bonds is 7. The maximum absolute atomic E-state index is 11.5. The Morgan fingerprint density at radius 3 is 2.50 bits per heavy atom. The molecule has 5 nitrogen and oxygen atoms in total. The topological polar surface area (TPSA) is 75.6 Å². The summed E-state index contributed by atoms with van der Waals surface area (Å²) >= 11 is 0. The fourth-order valence-corrected chi connectivity index (χ4v) is 1.78. The Labute approximate surface area is 118 Å². The molecule has 2 N–H and O–H groups in total. The molecule has 0 saturated carbocycles. The number of benzene rings is 1. The van der Waals surface area contributed by atoms with Gasteiger partial charge in [-0.2, -0.15) is 0 Å². The largest absolute Gasteiger partial charge is 0.481 e. The van der Waals surface area contributed by atoms with Crippen LogP contribution in [0.3, 0.4) is 0 Å². The van der Waals surface area contributed by atoms with Gasteiger partial charge in [0.15, 0.2) is 0 Å². The molecule has 0 spiro atoms. The first kappa shape index (κ1) is 16.0. The van der Waals surface area contributed by atoms with Crippen LogP contribution in [0.5, 0.6) is 0 Å². The number of carboxylic acid groups (broad SMARTS) is 1. The zero-order valence-electron chi connectivity index (χ0n) is 11.8. The van der Waals surface area contributed by atoms with Gasteiger partial charge in [-0.3, -0.25) is 4.79 Å². The Hall–Kier alpha value is -2.04. The summed E-state index contributed by atoms with van der Waals surface area (Å²) in [7, 11) is 0. The fraction of sp³-hybridized carbons (Fsp3) is 0.467. The number of ether oxygens (including phenoxy) is 1. The van der Waals surface area contributed by atoms with Gasteiger partial charge in [0.05, 0.1) is 5.92 Å².